The van der Waals surface area contributed by atoms with Crippen molar-refractivity contribution in [1.82, 2.24) is 14.9 Å². The van der Waals surface area contributed by atoms with Crippen LogP contribution in [0.15, 0.2) is 12.4 Å². The SMILES string of the molecule is COc1cc(N2CCC(N(C)C(=O)C(C)(C)C)CC2)ncn1. The number of hydrogen-bond acceptors (Lipinski definition) is 5. The molecule has 0 radical (unpaired) electrons. The number of amides is 1. The van der Waals surface area contributed by atoms with E-state index in [1.807, 2.05) is 38.8 Å². The molecule has 1 aliphatic heterocycles. The first kappa shape index (κ1) is 16.5. The Kier molecular flexibility index (Phi) is 4.88. The number of aromatic nitrogens is 2. The number of methoxy groups -OCH3 is 1. The van der Waals surface area contributed by atoms with Gasteiger partial charge in [-0.1, -0.05) is 20.8 Å². The summed E-state index contributed by atoms with van der Waals surface area (Å²) in [5, 5.41) is 0. The van der Waals surface area contributed by atoms with Crippen LogP contribution in [0.2, 0.25) is 0 Å². The number of hydrogen-bond donors (Lipinski definition) is 0. The van der Waals surface area contributed by atoms with E-state index in [0.717, 1.165) is 31.7 Å². The normalized spacial score (nSPS) is 16.5. The van der Waals surface area contributed by atoms with Gasteiger partial charge in [0.2, 0.25) is 11.8 Å². The minimum Gasteiger partial charge on any atom is -0.481 e. The Morgan fingerprint density at radius 2 is 1.95 bits per heavy atom. The van der Waals surface area contributed by atoms with E-state index in [2.05, 4.69) is 14.9 Å². The van der Waals surface area contributed by atoms with E-state index in [4.69, 9.17) is 4.74 Å². The van der Waals surface area contributed by atoms with Crippen molar-refractivity contribution in [3.8, 4) is 5.88 Å². The fourth-order valence-electron chi connectivity index (χ4n) is 2.79. The molecule has 2 rings (SSSR count). The highest BCUT2D eigenvalue weighted by atomic mass is 16.5. The molecule has 0 spiro atoms. The van der Waals surface area contributed by atoms with Crippen LogP contribution >= 0.6 is 0 Å². The summed E-state index contributed by atoms with van der Waals surface area (Å²) in [6, 6.07) is 2.15. The van der Waals surface area contributed by atoms with Crippen LogP contribution in [0.4, 0.5) is 5.82 Å². The molecule has 0 bridgehead atoms. The largest absolute Gasteiger partial charge is 0.481 e. The lowest BCUT2D eigenvalue weighted by molar-refractivity contribution is -0.140. The second-order valence-electron chi connectivity index (χ2n) is 6.80. The zero-order chi connectivity index (χ0) is 16.3. The molecule has 1 amide bonds. The quantitative estimate of drug-likeness (QED) is 0.854. The first-order valence-electron chi connectivity index (χ1n) is 7.71. The molecule has 0 saturated carbocycles. The fourth-order valence-corrected chi connectivity index (χ4v) is 2.79. The summed E-state index contributed by atoms with van der Waals surface area (Å²) in [5.74, 6) is 1.66. The number of rotatable bonds is 3. The summed E-state index contributed by atoms with van der Waals surface area (Å²) in [7, 11) is 3.52. The molecule has 0 atom stereocenters. The van der Waals surface area contributed by atoms with Crippen LogP contribution < -0.4 is 9.64 Å². The zero-order valence-corrected chi connectivity index (χ0v) is 14.2. The first-order valence-corrected chi connectivity index (χ1v) is 7.71. The lowest BCUT2D eigenvalue weighted by Crippen LogP contribution is -2.48. The van der Waals surface area contributed by atoms with Crippen molar-refractivity contribution in [1.29, 1.82) is 0 Å². The van der Waals surface area contributed by atoms with E-state index < -0.39 is 0 Å². The van der Waals surface area contributed by atoms with Gasteiger partial charge < -0.3 is 14.5 Å². The van der Waals surface area contributed by atoms with Crippen molar-refractivity contribution in [2.75, 3.05) is 32.1 Å². The third-order valence-corrected chi connectivity index (χ3v) is 4.13. The highest BCUT2D eigenvalue weighted by Gasteiger charge is 2.31. The molecular weight excluding hydrogens is 280 g/mol. The number of nitrogens with zero attached hydrogens (tertiary/aromatic N) is 4. The Labute approximate surface area is 132 Å². The summed E-state index contributed by atoms with van der Waals surface area (Å²) in [4.78, 5) is 24.8. The Bertz CT molecular complexity index is 519. The second-order valence-corrected chi connectivity index (χ2v) is 6.80. The van der Waals surface area contributed by atoms with Gasteiger partial charge in [0, 0.05) is 37.7 Å². The number of ether oxygens (including phenoxy) is 1. The summed E-state index contributed by atoms with van der Waals surface area (Å²) in [6.07, 6.45) is 3.42. The van der Waals surface area contributed by atoms with Gasteiger partial charge in [-0.15, -0.1) is 0 Å². The minimum absolute atomic E-state index is 0.203. The van der Waals surface area contributed by atoms with Gasteiger partial charge in [-0.05, 0) is 12.8 Å². The Hall–Kier alpha value is -1.85. The topological polar surface area (TPSA) is 58.6 Å². The van der Waals surface area contributed by atoms with Crippen molar-refractivity contribution in [2.45, 2.75) is 39.7 Å². The van der Waals surface area contributed by atoms with Crippen molar-refractivity contribution in [3.63, 3.8) is 0 Å². The van der Waals surface area contributed by atoms with E-state index in [1.54, 1.807) is 7.11 Å². The Morgan fingerprint density at radius 3 is 2.50 bits per heavy atom. The molecule has 6 nitrogen and oxygen atoms in total. The fraction of sp³-hybridized carbons (Fsp3) is 0.688. The van der Waals surface area contributed by atoms with E-state index in [1.165, 1.54) is 6.33 Å². The van der Waals surface area contributed by atoms with Crippen molar-refractivity contribution in [2.24, 2.45) is 5.41 Å². The Balaban J connectivity index is 1.96. The highest BCUT2D eigenvalue weighted by molar-refractivity contribution is 5.81. The maximum atomic E-state index is 12.4. The molecule has 0 aromatic carbocycles. The maximum Gasteiger partial charge on any atom is 0.227 e. The summed E-state index contributed by atoms with van der Waals surface area (Å²) in [5.41, 5.74) is -0.327. The van der Waals surface area contributed by atoms with Gasteiger partial charge >= 0.3 is 0 Å². The number of piperidine rings is 1. The summed E-state index contributed by atoms with van der Waals surface area (Å²) >= 11 is 0. The van der Waals surface area contributed by atoms with Crippen LogP contribution in [-0.4, -0.2) is 54.1 Å². The lowest BCUT2D eigenvalue weighted by atomic mass is 9.92. The minimum atomic E-state index is -0.327. The van der Waals surface area contributed by atoms with Gasteiger partial charge in [0.25, 0.3) is 0 Å². The van der Waals surface area contributed by atoms with Gasteiger partial charge in [-0.2, -0.15) is 0 Å². The van der Waals surface area contributed by atoms with Gasteiger partial charge in [0.15, 0.2) is 0 Å². The van der Waals surface area contributed by atoms with Gasteiger partial charge in [0.1, 0.15) is 12.1 Å². The van der Waals surface area contributed by atoms with Crippen LogP contribution in [-0.2, 0) is 4.79 Å². The number of anilines is 1. The van der Waals surface area contributed by atoms with E-state index in [0.29, 0.717) is 11.9 Å². The molecule has 1 fully saturated rings. The van der Waals surface area contributed by atoms with Crippen molar-refractivity contribution >= 4 is 11.7 Å². The molecule has 0 N–H and O–H groups in total. The predicted octanol–water partition coefficient (Wildman–Crippen LogP) is 1.96. The highest BCUT2D eigenvalue weighted by Crippen LogP contribution is 2.25. The molecule has 1 aromatic rings. The molecule has 6 heteroatoms. The zero-order valence-electron chi connectivity index (χ0n) is 14.2. The Morgan fingerprint density at radius 1 is 1.32 bits per heavy atom. The second kappa shape index (κ2) is 6.50. The average molecular weight is 306 g/mol. The summed E-state index contributed by atoms with van der Waals surface area (Å²) < 4.78 is 5.14. The van der Waals surface area contributed by atoms with Crippen LogP contribution in [0, 0.1) is 5.41 Å². The van der Waals surface area contributed by atoms with Crippen LogP contribution in [0.5, 0.6) is 5.88 Å². The van der Waals surface area contributed by atoms with Gasteiger partial charge in [-0.3, -0.25) is 4.79 Å². The molecule has 2 heterocycles. The monoisotopic (exact) mass is 306 g/mol. The van der Waals surface area contributed by atoms with E-state index in [9.17, 15) is 4.79 Å². The molecule has 1 aliphatic rings. The standard InChI is InChI=1S/C16H26N4O2/c1-16(2,3)15(21)19(4)12-6-8-20(9-7-12)13-10-14(22-5)18-11-17-13/h10-12H,6-9H2,1-5H3. The number of carbonyl (C=O) groups excluding carboxylic acids is 1. The van der Waals surface area contributed by atoms with Gasteiger partial charge in [0.05, 0.1) is 7.11 Å². The smallest absolute Gasteiger partial charge is 0.227 e. The van der Waals surface area contributed by atoms with E-state index >= 15 is 0 Å². The molecule has 22 heavy (non-hydrogen) atoms. The number of carbonyl (C=O) groups is 1. The van der Waals surface area contributed by atoms with Crippen molar-refractivity contribution in [3.05, 3.63) is 12.4 Å². The predicted molar refractivity (Wildman–Crippen MR) is 86.0 cm³/mol. The average Bonchev–Trinajstić information content (AvgIpc) is 2.53. The maximum absolute atomic E-state index is 12.4. The molecular formula is C16H26N4O2. The van der Waals surface area contributed by atoms with Crippen LogP contribution in [0.1, 0.15) is 33.6 Å². The molecule has 0 unspecified atom stereocenters. The molecule has 122 valence electrons. The molecule has 0 aliphatic carbocycles. The lowest BCUT2D eigenvalue weighted by Gasteiger charge is -2.39. The van der Waals surface area contributed by atoms with Crippen LogP contribution in [0.3, 0.4) is 0 Å². The van der Waals surface area contributed by atoms with Gasteiger partial charge in [-0.25, -0.2) is 9.97 Å². The third-order valence-electron chi connectivity index (χ3n) is 4.13. The summed E-state index contributed by atoms with van der Waals surface area (Å²) in [6.45, 7) is 7.66. The first-order chi connectivity index (χ1) is 10.3. The third kappa shape index (κ3) is 3.67. The van der Waals surface area contributed by atoms with Crippen molar-refractivity contribution < 1.29 is 9.53 Å². The van der Waals surface area contributed by atoms with Crippen LogP contribution in [0.25, 0.3) is 0 Å². The van der Waals surface area contributed by atoms with E-state index in [-0.39, 0.29) is 11.3 Å². The molecule has 1 aromatic heterocycles. The molecule has 1 saturated heterocycles.